The van der Waals surface area contributed by atoms with Crippen molar-refractivity contribution in [3.05, 3.63) is 59.7 Å². The molecule has 1 amide bonds. The Morgan fingerprint density at radius 1 is 1.15 bits per heavy atom. The van der Waals surface area contributed by atoms with Crippen LogP contribution in [-0.4, -0.2) is 18.2 Å². The zero-order valence-corrected chi connectivity index (χ0v) is 12.5. The normalized spacial score (nSPS) is 17.1. The standard InChI is InChI=1S/C17H17NOS/c1-12-11-13-7-3-5-9-15(13)18(12)17(19)14-8-4-6-10-16(14)20-2/h3-10,12H,11H2,1-2H3/t12-/m0/s1. The van der Waals surface area contributed by atoms with Crippen LogP contribution in [0.25, 0.3) is 0 Å². The zero-order chi connectivity index (χ0) is 14.1. The molecule has 102 valence electrons. The Bertz CT molecular complexity index is 653. The number of benzene rings is 2. The molecule has 3 rings (SSSR count). The number of carbonyl (C=O) groups is 1. The molecule has 1 heterocycles. The molecule has 1 aliphatic rings. The van der Waals surface area contributed by atoms with E-state index in [-0.39, 0.29) is 11.9 Å². The molecule has 0 aliphatic carbocycles. The summed E-state index contributed by atoms with van der Waals surface area (Å²) in [5.74, 6) is 0.104. The van der Waals surface area contributed by atoms with Crippen LogP contribution in [0, 0.1) is 0 Å². The second kappa shape index (κ2) is 5.33. The van der Waals surface area contributed by atoms with Crippen LogP contribution < -0.4 is 4.90 Å². The summed E-state index contributed by atoms with van der Waals surface area (Å²) in [6.07, 6.45) is 2.94. The van der Waals surface area contributed by atoms with Gasteiger partial charge in [0.1, 0.15) is 0 Å². The highest BCUT2D eigenvalue weighted by Gasteiger charge is 2.31. The lowest BCUT2D eigenvalue weighted by Gasteiger charge is -2.23. The molecule has 0 bridgehead atoms. The molecule has 1 atom stereocenters. The van der Waals surface area contributed by atoms with Gasteiger partial charge in [-0.2, -0.15) is 0 Å². The number of nitrogens with zero attached hydrogens (tertiary/aromatic N) is 1. The van der Waals surface area contributed by atoms with Crippen LogP contribution in [0.5, 0.6) is 0 Å². The lowest BCUT2D eigenvalue weighted by atomic mass is 10.1. The van der Waals surface area contributed by atoms with Crippen molar-refractivity contribution in [1.29, 1.82) is 0 Å². The van der Waals surface area contributed by atoms with Gasteiger partial charge < -0.3 is 4.90 Å². The van der Waals surface area contributed by atoms with Crippen molar-refractivity contribution in [2.45, 2.75) is 24.3 Å². The number of rotatable bonds is 2. The molecule has 0 spiro atoms. The Morgan fingerprint density at radius 3 is 2.65 bits per heavy atom. The van der Waals surface area contributed by atoms with Crippen molar-refractivity contribution in [2.75, 3.05) is 11.2 Å². The largest absolute Gasteiger partial charge is 0.305 e. The maximum absolute atomic E-state index is 12.9. The van der Waals surface area contributed by atoms with Gasteiger partial charge in [-0.3, -0.25) is 4.79 Å². The molecular formula is C17H17NOS. The summed E-state index contributed by atoms with van der Waals surface area (Å²) in [4.78, 5) is 15.9. The van der Waals surface area contributed by atoms with Crippen LogP contribution >= 0.6 is 11.8 Å². The number of hydrogen-bond acceptors (Lipinski definition) is 2. The highest BCUT2D eigenvalue weighted by Crippen LogP contribution is 2.34. The van der Waals surface area contributed by atoms with E-state index in [9.17, 15) is 4.79 Å². The predicted octanol–water partition coefficient (Wildman–Crippen LogP) is 4.00. The molecular weight excluding hydrogens is 266 g/mol. The minimum absolute atomic E-state index is 0.104. The fraction of sp³-hybridized carbons (Fsp3) is 0.235. The number of carbonyl (C=O) groups excluding carboxylic acids is 1. The molecule has 2 nitrogen and oxygen atoms in total. The fourth-order valence-corrected chi connectivity index (χ4v) is 3.42. The fourth-order valence-electron chi connectivity index (χ4n) is 2.83. The molecule has 3 heteroatoms. The van der Waals surface area contributed by atoms with Crippen LogP contribution in [0.15, 0.2) is 53.4 Å². The van der Waals surface area contributed by atoms with Crippen molar-refractivity contribution in [3.8, 4) is 0 Å². The lowest BCUT2D eigenvalue weighted by Crippen LogP contribution is -2.36. The van der Waals surface area contributed by atoms with E-state index in [1.807, 2.05) is 53.6 Å². The minimum atomic E-state index is 0.104. The first kappa shape index (κ1) is 13.3. The molecule has 0 saturated carbocycles. The van der Waals surface area contributed by atoms with Gasteiger partial charge >= 0.3 is 0 Å². The predicted molar refractivity (Wildman–Crippen MR) is 84.6 cm³/mol. The first-order chi connectivity index (χ1) is 9.72. The van der Waals surface area contributed by atoms with E-state index in [2.05, 4.69) is 13.0 Å². The summed E-state index contributed by atoms with van der Waals surface area (Å²) in [6.45, 7) is 2.11. The van der Waals surface area contributed by atoms with E-state index >= 15 is 0 Å². The van der Waals surface area contributed by atoms with E-state index in [0.717, 1.165) is 22.6 Å². The van der Waals surface area contributed by atoms with Gasteiger partial charge in [0.25, 0.3) is 5.91 Å². The van der Waals surface area contributed by atoms with Gasteiger partial charge in [0, 0.05) is 16.6 Å². The average molecular weight is 283 g/mol. The summed E-state index contributed by atoms with van der Waals surface area (Å²) in [6, 6.07) is 16.2. The van der Waals surface area contributed by atoms with Crippen LogP contribution in [0.4, 0.5) is 5.69 Å². The summed E-state index contributed by atoms with van der Waals surface area (Å²) < 4.78 is 0. The molecule has 1 aliphatic heterocycles. The molecule has 0 saturated heterocycles. The third kappa shape index (κ3) is 2.12. The Balaban J connectivity index is 2.03. The second-order valence-corrected chi connectivity index (χ2v) is 5.91. The molecule has 20 heavy (non-hydrogen) atoms. The topological polar surface area (TPSA) is 20.3 Å². The molecule has 0 aromatic heterocycles. The van der Waals surface area contributed by atoms with Gasteiger partial charge in [-0.05, 0) is 43.4 Å². The summed E-state index contributed by atoms with van der Waals surface area (Å²) >= 11 is 1.62. The first-order valence-corrected chi connectivity index (χ1v) is 7.99. The monoisotopic (exact) mass is 283 g/mol. The van der Waals surface area contributed by atoms with Gasteiger partial charge in [0.2, 0.25) is 0 Å². The van der Waals surface area contributed by atoms with Crippen molar-refractivity contribution in [1.82, 2.24) is 0 Å². The molecule has 2 aromatic carbocycles. The third-order valence-electron chi connectivity index (χ3n) is 3.76. The zero-order valence-electron chi connectivity index (χ0n) is 11.7. The third-order valence-corrected chi connectivity index (χ3v) is 4.56. The number of amides is 1. The van der Waals surface area contributed by atoms with E-state index < -0.39 is 0 Å². The van der Waals surface area contributed by atoms with Gasteiger partial charge in [0.15, 0.2) is 0 Å². The Kier molecular flexibility index (Phi) is 3.53. The Labute approximate surface area is 123 Å². The van der Waals surface area contributed by atoms with Crippen LogP contribution in [0.3, 0.4) is 0 Å². The SMILES string of the molecule is CSc1ccccc1C(=O)N1c2ccccc2C[C@@H]1C. The van der Waals surface area contributed by atoms with Crippen LogP contribution in [0.2, 0.25) is 0 Å². The van der Waals surface area contributed by atoms with Crippen molar-refractivity contribution >= 4 is 23.4 Å². The molecule has 0 unspecified atom stereocenters. The van der Waals surface area contributed by atoms with Gasteiger partial charge in [-0.15, -0.1) is 11.8 Å². The van der Waals surface area contributed by atoms with Crippen molar-refractivity contribution < 1.29 is 4.79 Å². The van der Waals surface area contributed by atoms with Gasteiger partial charge in [-0.25, -0.2) is 0 Å². The highest BCUT2D eigenvalue weighted by atomic mass is 32.2. The maximum Gasteiger partial charge on any atom is 0.259 e. The Morgan fingerprint density at radius 2 is 1.85 bits per heavy atom. The second-order valence-electron chi connectivity index (χ2n) is 5.06. The number of fused-ring (bicyclic) bond motifs is 1. The maximum atomic E-state index is 12.9. The smallest absolute Gasteiger partial charge is 0.259 e. The number of para-hydroxylation sites is 1. The Hall–Kier alpha value is -1.74. The van der Waals surface area contributed by atoms with E-state index in [1.165, 1.54) is 5.56 Å². The van der Waals surface area contributed by atoms with Crippen molar-refractivity contribution in [2.24, 2.45) is 0 Å². The number of hydrogen-bond donors (Lipinski definition) is 0. The first-order valence-electron chi connectivity index (χ1n) is 6.77. The lowest BCUT2D eigenvalue weighted by molar-refractivity contribution is 0.0978. The van der Waals surface area contributed by atoms with Crippen molar-refractivity contribution in [3.63, 3.8) is 0 Å². The number of anilines is 1. The van der Waals surface area contributed by atoms with E-state index in [1.54, 1.807) is 11.8 Å². The summed E-state index contributed by atoms with van der Waals surface area (Å²) in [5.41, 5.74) is 3.11. The molecule has 0 radical (unpaired) electrons. The van der Waals surface area contributed by atoms with Crippen LogP contribution in [0.1, 0.15) is 22.8 Å². The van der Waals surface area contributed by atoms with E-state index in [4.69, 9.17) is 0 Å². The molecule has 2 aromatic rings. The summed E-state index contributed by atoms with van der Waals surface area (Å²) in [5, 5.41) is 0. The number of thioether (sulfide) groups is 1. The average Bonchev–Trinajstić information content (AvgIpc) is 2.82. The van der Waals surface area contributed by atoms with Gasteiger partial charge in [0.05, 0.1) is 5.56 Å². The highest BCUT2D eigenvalue weighted by molar-refractivity contribution is 7.98. The van der Waals surface area contributed by atoms with Crippen LogP contribution in [-0.2, 0) is 6.42 Å². The quantitative estimate of drug-likeness (QED) is 0.776. The van der Waals surface area contributed by atoms with E-state index in [0.29, 0.717) is 0 Å². The van der Waals surface area contributed by atoms with Gasteiger partial charge in [-0.1, -0.05) is 30.3 Å². The molecule has 0 fully saturated rings. The summed E-state index contributed by atoms with van der Waals surface area (Å²) in [7, 11) is 0. The molecule has 0 N–H and O–H groups in total. The minimum Gasteiger partial charge on any atom is -0.305 e.